The van der Waals surface area contributed by atoms with E-state index in [9.17, 15) is 4.79 Å². The fourth-order valence-corrected chi connectivity index (χ4v) is 2.30. The van der Waals surface area contributed by atoms with Gasteiger partial charge in [-0.3, -0.25) is 4.79 Å². The number of aromatic nitrogens is 2. The molecule has 0 radical (unpaired) electrons. The van der Waals surface area contributed by atoms with E-state index in [1.807, 2.05) is 54.1 Å². The third-order valence-corrected chi connectivity index (χ3v) is 3.35. The lowest BCUT2D eigenvalue weighted by Crippen LogP contribution is -2.14. The van der Waals surface area contributed by atoms with Gasteiger partial charge in [-0.25, -0.2) is 0 Å². The van der Waals surface area contributed by atoms with Gasteiger partial charge in [-0.15, -0.1) is 0 Å². The molecule has 0 saturated heterocycles. The number of aryl methyl sites for hydroxylation is 1. The third-order valence-electron chi connectivity index (χ3n) is 3.35. The molecule has 0 spiro atoms. The zero-order valence-electron chi connectivity index (χ0n) is 11.3. The van der Waals surface area contributed by atoms with Gasteiger partial charge in [-0.1, -0.05) is 30.3 Å². The fraction of sp³-hybridized carbons (Fsp3) is 0.125. The van der Waals surface area contributed by atoms with Crippen LogP contribution in [0.3, 0.4) is 0 Å². The van der Waals surface area contributed by atoms with E-state index in [1.54, 1.807) is 13.2 Å². The Morgan fingerprint density at radius 3 is 2.55 bits per heavy atom. The third kappa shape index (κ3) is 1.95. The van der Waals surface area contributed by atoms with Crippen LogP contribution in [0, 0.1) is 0 Å². The first-order valence-corrected chi connectivity index (χ1v) is 6.31. The summed E-state index contributed by atoms with van der Waals surface area (Å²) in [6, 6.07) is 15.1. The molecule has 3 aromatic rings. The smallest absolute Gasteiger partial charge is 0.281 e. The van der Waals surface area contributed by atoms with Crippen molar-refractivity contribution in [1.82, 2.24) is 9.55 Å². The van der Waals surface area contributed by atoms with E-state index < -0.39 is 0 Å². The molecule has 1 heterocycles. The molecule has 4 nitrogen and oxygen atoms in total. The fourth-order valence-electron chi connectivity index (χ4n) is 2.30. The maximum absolute atomic E-state index is 12.2. The number of hydrogen-bond acceptors (Lipinski definition) is 3. The summed E-state index contributed by atoms with van der Waals surface area (Å²) in [7, 11) is 3.49. The largest absolute Gasteiger partial charge is 0.497 e. The number of ether oxygens (including phenoxy) is 1. The molecule has 0 aliphatic heterocycles. The average Bonchev–Trinajstić information content (AvgIpc) is 2.51. The molecule has 0 aliphatic carbocycles. The summed E-state index contributed by atoms with van der Waals surface area (Å²) in [5.74, 6) is 1.32. The number of benzene rings is 2. The second-order valence-electron chi connectivity index (χ2n) is 4.55. The van der Waals surface area contributed by atoms with Crippen LogP contribution in [-0.2, 0) is 7.05 Å². The maximum Gasteiger partial charge on any atom is 0.281 e. The van der Waals surface area contributed by atoms with Crippen molar-refractivity contribution in [1.29, 1.82) is 0 Å². The predicted molar refractivity (Wildman–Crippen MR) is 79.0 cm³/mol. The number of rotatable bonds is 2. The molecule has 0 fully saturated rings. The molecule has 0 N–H and O–H groups in total. The minimum Gasteiger partial charge on any atom is -0.497 e. The van der Waals surface area contributed by atoms with Gasteiger partial charge in [0.1, 0.15) is 11.6 Å². The molecule has 0 unspecified atom stereocenters. The molecule has 0 amide bonds. The van der Waals surface area contributed by atoms with E-state index in [-0.39, 0.29) is 5.56 Å². The standard InChI is InChI=1S/C16H14N2O2/c1-18-14-9-8-12(20-2)10-13(14)16(19)17-15(18)11-6-4-3-5-7-11/h3-10H,1-2H3. The highest BCUT2D eigenvalue weighted by Gasteiger charge is 2.10. The Labute approximate surface area is 116 Å². The summed E-state index contributed by atoms with van der Waals surface area (Å²) in [6.45, 7) is 0. The molecular formula is C16H14N2O2. The van der Waals surface area contributed by atoms with Gasteiger partial charge >= 0.3 is 0 Å². The van der Waals surface area contributed by atoms with Crippen molar-refractivity contribution < 1.29 is 4.74 Å². The van der Waals surface area contributed by atoms with Crippen LogP contribution in [0.2, 0.25) is 0 Å². The van der Waals surface area contributed by atoms with Crippen LogP contribution in [0.4, 0.5) is 0 Å². The Bertz CT molecular complexity index is 823. The van der Waals surface area contributed by atoms with E-state index in [0.29, 0.717) is 17.0 Å². The number of hydrogen-bond donors (Lipinski definition) is 0. The first kappa shape index (κ1) is 12.4. The van der Waals surface area contributed by atoms with Crippen LogP contribution in [-0.4, -0.2) is 16.7 Å². The molecule has 20 heavy (non-hydrogen) atoms. The van der Waals surface area contributed by atoms with Crippen LogP contribution in [0.1, 0.15) is 0 Å². The number of methoxy groups -OCH3 is 1. The summed E-state index contributed by atoms with van der Waals surface area (Å²) in [5, 5.41) is 0.562. The molecule has 0 bridgehead atoms. The summed E-state index contributed by atoms with van der Waals surface area (Å²) >= 11 is 0. The van der Waals surface area contributed by atoms with Gasteiger partial charge in [0.2, 0.25) is 0 Å². The molecule has 1 aromatic heterocycles. The quantitative estimate of drug-likeness (QED) is 0.716. The normalized spacial score (nSPS) is 10.7. The summed E-state index contributed by atoms with van der Waals surface area (Å²) < 4.78 is 7.08. The van der Waals surface area contributed by atoms with Gasteiger partial charge in [0.15, 0.2) is 0 Å². The van der Waals surface area contributed by atoms with E-state index >= 15 is 0 Å². The molecule has 4 heteroatoms. The second kappa shape index (κ2) is 4.81. The van der Waals surface area contributed by atoms with Crippen molar-refractivity contribution in [2.45, 2.75) is 0 Å². The van der Waals surface area contributed by atoms with E-state index in [4.69, 9.17) is 4.74 Å². The van der Waals surface area contributed by atoms with Gasteiger partial charge < -0.3 is 9.30 Å². The van der Waals surface area contributed by atoms with Gasteiger partial charge in [0.25, 0.3) is 5.56 Å². The zero-order chi connectivity index (χ0) is 14.1. The molecule has 0 saturated carbocycles. The summed E-state index contributed by atoms with van der Waals surface area (Å²) in [5.41, 5.74) is 1.52. The summed E-state index contributed by atoms with van der Waals surface area (Å²) in [6.07, 6.45) is 0. The predicted octanol–water partition coefficient (Wildman–Crippen LogP) is 2.61. The first-order valence-electron chi connectivity index (χ1n) is 6.31. The van der Waals surface area contributed by atoms with Crippen LogP contribution in [0.5, 0.6) is 5.75 Å². The highest BCUT2D eigenvalue weighted by atomic mass is 16.5. The molecule has 2 aromatic carbocycles. The monoisotopic (exact) mass is 266 g/mol. The van der Waals surface area contributed by atoms with Crippen LogP contribution in [0.25, 0.3) is 22.3 Å². The highest BCUT2D eigenvalue weighted by molar-refractivity contribution is 5.81. The van der Waals surface area contributed by atoms with Gasteiger partial charge in [0.05, 0.1) is 18.0 Å². The lowest BCUT2D eigenvalue weighted by molar-refractivity contribution is 0.415. The van der Waals surface area contributed by atoms with Gasteiger partial charge in [-0.05, 0) is 18.2 Å². The van der Waals surface area contributed by atoms with Crippen molar-refractivity contribution in [2.24, 2.45) is 7.05 Å². The van der Waals surface area contributed by atoms with Gasteiger partial charge in [-0.2, -0.15) is 4.98 Å². The van der Waals surface area contributed by atoms with Crippen molar-refractivity contribution in [3.63, 3.8) is 0 Å². The molecular weight excluding hydrogens is 252 g/mol. The Morgan fingerprint density at radius 1 is 1.10 bits per heavy atom. The van der Waals surface area contributed by atoms with E-state index in [2.05, 4.69) is 4.98 Å². The minimum absolute atomic E-state index is 0.240. The highest BCUT2D eigenvalue weighted by Crippen LogP contribution is 2.22. The summed E-state index contributed by atoms with van der Waals surface area (Å²) in [4.78, 5) is 16.4. The average molecular weight is 266 g/mol. The zero-order valence-corrected chi connectivity index (χ0v) is 11.3. The lowest BCUT2D eigenvalue weighted by atomic mass is 10.1. The topological polar surface area (TPSA) is 44.1 Å². The van der Waals surface area contributed by atoms with Crippen LogP contribution >= 0.6 is 0 Å². The van der Waals surface area contributed by atoms with E-state index in [1.165, 1.54) is 0 Å². The van der Waals surface area contributed by atoms with Crippen molar-refractivity contribution in [2.75, 3.05) is 7.11 Å². The maximum atomic E-state index is 12.2. The van der Waals surface area contributed by atoms with Crippen molar-refractivity contribution >= 4 is 10.9 Å². The van der Waals surface area contributed by atoms with Gasteiger partial charge in [0, 0.05) is 12.6 Å². The molecule has 0 aliphatic rings. The SMILES string of the molecule is COc1ccc2c(c1)c(=O)nc(-c1ccccc1)n2C. The van der Waals surface area contributed by atoms with E-state index in [0.717, 1.165) is 11.1 Å². The first-order chi connectivity index (χ1) is 9.70. The van der Waals surface area contributed by atoms with Crippen LogP contribution in [0.15, 0.2) is 53.3 Å². The molecule has 100 valence electrons. The Hall–Kier alpha value is -2.62. The Morgan fingerprint density at radius 2 is 1.85 bits per heavy atom. The number of fused-ring (bicyclic) bond motifs is 1. The lowest BCUT2D eigenvalue weighted by Gasteiger charge is -2.11. The Kier molecular flexibility index (Phi) is 2.99. The minimum atomic E-state index is -0.240. The molecule has 3 rings (SSSR count). The van der Waals surface area contributed by atoms with Crippen LogP contribution < -0.4 is 10.3 Å². The second-order valence-corrected chi connectivity index (χ2v) is 4.55. The van der Waals surface area contributed by atoms with Crippen molar-refractivity contribution in [3.05, 3.63) is 58.9 Å². The van der Waals surface area contributed by atoms with Crippen molar-refractivity contribution in [3.8, 4) is 17.1 Å². The Balaban J connectivity index is 2.33. The number of nitrogens with zero attached hydrogens (tertiary/aromatic N) is 2. The molecule has 0 atom stereocenters.